The Kier molecular flexibility index (Phi) is 8.70. The number of esters is 1. The molecule has 0 spiro atoms. The number of fused-ring (bicyclic) bond motifs is 1. The van der Waals surface area contributed by atoms with E-state index in [0.717, 1.165) is 34.9 Å². The molecule has 35 heavy (non-hydrogen) atoms. The molecule has 1 heterocycles. The van der Waals surface area contributed by atoms with Gasteiger partial charge in [0.05, 0.1) is 12.1 Å². The third-order valence-electron chi connectivity index (χ3n) is 5.67. The molecule has 0 amide bonds. The molecule has 0 N–H and O–H groups in total. The van der Waals surface area contributed by atoms with E-state index in [4.69, 9.17) is 19.4 Å². The summed E-state index contributed by atoms with van der Waals surface area (Å²) in [5.74, 6) is -0.359. The van der Waals surface area contributed by atoms with Crippen molar-refractivity contribution in [3.63, 3.8) is 0 Å². The van der Waals surface area contributed by atoms with Gasteiger partial charge in [0.25, 0.3) is 0 Å². The molecular formula is C27H29N3O5. The van der Waals surface area contributed by atoms with E-state index < -0.39 is 11.6 Å². The molecule has 1 aromatic heterocycles. The second-order valence-corrected chi connectivity index (χ2v) is 8.40. The molecule has 182 valence electrons. The van der Waals surface area contributed by atoms with Crippen molar-refractivity contribution in [1.29, 1.82) is 0 Å². The maximum Gasteiger partial charge on any atom is 0.344 e. The van der Waals surface area contributed by atoms with E-state index in [1.54, 1.807) is 18.2 Å². The van der Waals surface area contributed by atoms with Crippen LogP contribution in [0.15, 0.2) is 62.9 Å². The Balaban J connectivity index is 1.77. The third kappa shape index (κ3) is 6.52. The van der Waals surface area contributed by atoms with Gasteiger partial charge in [0.1, 0.15) is 11.3 Å². The fraction of sp³-hybridized carbons (Fsp3) is 0.333. The first-order valence-electron chi connectivity index (χ1n) is 11.5. The number of hydrogen-bond donors (Lipinski definition) is 0. The summed E-state index contributed by atoms with van der Waals surface area (Å²) in [7, 11) is 0. The molecule has 0 fully saturated rings. The van der Waals surface area contributed by atoms with Crippen molar-refractivity contribution in [3.8, 4) is 16.9 Å². The van der Waals surface area contributed by atoms with Crippen molar-refractivity contribution in [3.05, 3.63) is 86.1 Å². The van der Waals surface area contributed by atoms with Crippen LogP contribution in [0.2, 0.25) is 0 Å². The standard InChI is InChI=1S/C27H29N3O5/c1-5-6-7-8-20-11-17(2)25(18(3)12-20)23-13-21-9-10-22(14-24(21)35-27(23)32)33-16-34-26(31)19(4)15-29-30-28/h9-14H,4-8,15-16H2,1-3H3. The molecule has 0 atom stereocenters. The van der Waals surface area contributed by atoms with Crippen LogP contribution in [0.4, 0.5) is 0 Å². The minimum atomic E-state index is -0.725. The monoisotopic (exact) mass is 475 g/mol. The van der Waals surface area contributed by atoms with Crippen molar-refractivity contribution in [2.75, 3.05) is 13.3 Å². The normalized spacial score (nSPS) is 10.6. The molecule has 3 aromatic rings. The summed E-state index contributed by atoms with van der Waals surface area (Å²) >= 11 is 0. The van der Waals surface area contributed by atoms with Crippen molar-refractivity contribution in [2.45, 2.75) is 46.5 Å². The Morgan fingerprint density at radius 1 is 1.14 bits per heavy atom. The maximum absolute atomic E-state index is 12.9. The van der Waals surface area contributed by atoms with Gasteiger partial charge in [-0.1, -0.05) is 43.6 Å². The average molecular weight is 476 g/mol. The van der Waals surface area contributed by atoms with Gasteiger partial charge in [0.15, 0.2) is 0 Å². The topological polar surface area (TPSA) is 115 Å². The molecule has 0 aliphatic rings. The van der Waals surface area contributed by atoms with Gasteiger partial charge in [-0.3, -0.25) is 0 Å². The number of nitrogens with zero attached hydrogens (tertiary/aromatic N) is 3. The third-order valence-corrected chi connectivity index (χ3v) is 5.67. The molecule has 0 bridgehead atoms. The first-order valence-corrected chi connectivity index (χ1v) is 11.5. The lowest BCUT2D eigenvalue weighted by Gasteiger charge is -2.13. The van der Waals surface area contributed by atoms with Gasteiger partial charge in [-0.25, -0.2) is 9.59 Å². The molecule has 3 rings (SSSR count). The lowest BCUT2D eigenvalue weighted by atomic mass is 9.92. The quantitative estimate of drug-likeness (QED) is 0.0455. The predicted molar refractivity (Wildman–Crippen MR) is 135 cm³/mol. The smallest absolute Gasteiger partial charge is 0.344 e. The van der Waals surface area contributed by atoms with Gasteiger partial charge in [0, 0.05) is 21.9 Å². The Morgan fingerprint density at radius 3 is 2.57 bits per heavy atom. The number of hydrogen-bond acceptors (Lipinski definition) is 6. The number of carbonyl (C=O) groups is 1. The second-order valence-electron chi connectivity index (χ2n) is 8.40. The SMILES string of the molecule is C=C(CN=[N+]=[N-])C(=O)OCOc1ccc2cc(-c3c(C)cc(CCCCC)cc3C)c(=O)oc2c1. The van der Waals surface area contributed by atoms with Gasteiger partial charge >= 0.3 is 11.6 Å². The highest BCUT2D eigenvalue weighted by Crippen LogP contribution is 2.30. The van der Waals surface area contributed by atoms with Crippen molar-refractivity contribution >= 4 is 16.9 Å². The zero-order valence-corrected chi connectivity index (χ0v) is 20.3. The Labute approximate surface area is 203 Å². The molecule has 8 heteroatoms. The summed E-state index contributed by atoms with van der Waals surface area (Å²) in [4.78, 5) is 27.2. The van der Waals surface area contributed by atoms with Gasteiger partial charge in [0.2, 0.25) is 6.79 Å². The number of carbonyl (C=O) groups excluding carboxylic acids is 1. The molecular weight excluding hydrogens is 446 g/mol. The van der Waals surface area contributed by atoms with Crippen LogP contribution in [0.1, 0.15) is 42.9 Å². The summed E-state index contributed by atoms with van der Waals surface area (Å²) in [5.41, 5.74) is 13.0. The van der Waals surface area contributed by atoms with Crippen LogP contribution < -0.4 is 10.4 Å². The van der Waals surface area contributed by atoms with E-state index in [1.807, 2.05) is 19.9 Å². The molecule has 0 saturated carbocycles. The number of ether oxygens (including phenoxy) is 2. The highest BCUT2D eigenvalue weighted by atomic mass is 16.7. The molecule has 0 aliphatic heterocycles. The molecule has 0 saturated heterocycles. The van der Waals surface area contributed by atoms with Crippen LogP contribution in [-0.4, -0.2) is 19.3 Å². The second kappa shape index (κ2) is 11.9. The number of azide groups is 1. The first kappa shape index (κ1) is 25.6. The summed E-state index contributed by atoms with van der Waals surface area (Å²) in [6, 6.07) is 11.2. The van der Waals surface area contributed by atoms with Gasteiger partial charge < -0.3 is 13.9 Å². The molecule has 0 aliphatic carbocycles. The largest absolute Gasteiger partial charge is 0.457 e. The van der Waals surface area contributed by atoms with Crippen LogP contribution in [0.3, 0.4) is 0 Å². The molecule has 0 unspecified atom stereocenters. The van der Waals surface area contributed by atoms with E-state index in [1.165, 1.54) is 18.4 Å². The van der Waals surface area contributed by atoms with Crippen LogP contribution in [-0.2, 0) is 16.0 Å². The van der Waals surface area contributed by atoms with Gasteiger partial charge in [-0.15, -0.1) is 0 Å². The Bertz CT molecular complexity index is 1330. The minimum absolute atomic E-state index is 0.0167. The van der Waals surface area contributed by atoms with Crippen LogP contribution in [0.5, 0.6) is 5.75 Å². The molecule has 0 radical (unpaired) electrons. The summed E-state index contributed by atoms with van der Waals surface area (Å²) in [6.07, 6.45) is 4.57. The minimum Gasteiger partial charge on any atom is -0.457 e. The van der Waals surface area contributed by atoms with Crippen molar-refractivity contribution in [1.82, 2.24) is 0 Å². The van der Waals surface area contributed by atoms with Crippen molar-refractivity contribution < 1.29 is 18.7 Å². The first-order chi connectivity index (χ1) is 16.8. The Hall–Kier alpha value is -4.03. The van der Waals surface area contributed by atoms with Crippen molar-refractivity contribution in [2.24, 2.45) is 5.11 Å². The lowest BCUT2D eigenvalue weighted by Crippen LogP contribution is -2.13. The van der Waals surface area contributed by atoms with E-state index in [-0.39, 0.29) is 18.9 Å². The highest BCUT2D eigenvalue weighted by molar-refractivity contribution is 5.88. The van der Waals surface area contributed by atoms with Gasteiger partial charge in [-0.05, 0) is 72.7 Å². The summed E-state index contributed by atoms with van der Waals surface area (Å²) in [5, 5.41) is 4.01. The van der Waals surface area contributed by atoms with E-state index in [0.29, 0.717) is 16.9 Å². The number of rotatable bonds is 11. The zero-order valence-electron chi connectivity index (χ0n) is 20.3. The predicted octanol–water partition coefficient (Wildman–Crippen LogP) is 6.56. The zero-order chi connectivity index (χ0) is 25.4. The number of aryl methyl sites for hydroxylation is 3. The Morgan fingerprint density at radius 2 is 1.89 bits per heavy atom. The van der Waals surface area contributed by atoms with E-state index in [9.17, 15) is 9.59 Å². The summed E-state index contributed by atoms with van der Waals surface area (Å²) in [6.45, 7) is 9.18. The maximum atomic E-state index is 12.9. The van der Waals surface area contributed by atoms with E-state index in [2.05, 4.69) is 35.7 Å². The molecule has 2 aromatic carbocycles. The lowest BCUT2D eigenvalue weighted by molar-refractivity contribution is -0.145. The highest BCUT2D eigenvalue weighted by Gasteiger charge is 2.15. The summed E-state index contributed by atoms with van der Waals surface area (Å²) < 4.78 is 16.0. The number of benzene rings is 2. The van der Waals surface area contributed by atoms with E-state index >= 15 is 0 Å². The fourth-order valence-corrected chi connectivity index (χ4v) is 3.99. The number of unbranched alkanes of at least 4 members (excludes halogenated alkanes) is 2. The van der Waals surface area contributed by atoms with Crippen LogP contribution in [0, 0.1) is 13.8 Å². The molecule has 8 nitrogen and oxygen atoms in total. The van der Waals surface area contributed by atoms with Gasteiger partial charge in [-0.2, -0.15) is 0 Å². The van der Waals surface area contributed by atoms with Crippen LogP contribution in [0.25, 0.3) is 32.5 Å². The average Bonchev–Trinajstić information content (AvgIpc) is 2.82. The fourth-order valence-electron chi connectivity index (χ4n) is 3.99. The van der Waals surface area contributed by atoms with Crippen LogP contribution >= 0.6 is 0 Å².